The third-order valence-corrected chi connectivity index (χ3v) is 1.73. The molecule has 0 heterocycles. The molecular weight excluding hydrogens is 200 g/mol. The highest BCUT2D eigenvalue weighted by Gasteiger charge is 2.23. The van der Waals surface area contributed by atoms with Crippen molar-refractivity contribution in [3.8, 4) is 5.75 Å². The molecule has 0 saturated heterocycles. The lowest BCUT2D eigenvalue weighted by molar-refractivity contribution is 0.285. The molecule has 14 heavy (non-hydrogen) atoms. The van der Waals surface area contributed by atoms with Crippen molar-refractivity contribution >= 4 is 0 Å². The van der Waals surface area contributed by atoms with Gasteiger partial charge in [0.2, 0.25) is 11.6 Å². The zero-order valence-electron chi connectivity index (χ0n) is 7.63. The molecule has 0 bridgehead atoms. The van der Waals surface area contributed by atoms with Gasteiger partial charge in [0.25, 0.3) is 0 Å². The molecule has 0 atom stereocenters. The zero-order valence-corrected chi connectivity index (χ0v) is 7.63. The smallest absolute Gasteiger partial charge is 0.204 e. The van der Waals surface area contributed by atoms with E-state index in [1.807, 2.05) is 0 Å². The Morgan fingerprint density at radius 1 is 0.929 bits per heavy atom. The minimum absolute atomic E-state index is 0.0736. The summed E-state index contributed by atoms with van der Waals surface area (Å²) < 4.78 is 56.2. The van der Waals surface area contributed by atoms with Gasteiger partial charge in [-0.15, -0.1) is 0 Å². The molecule has 1 aromatic carbocycles. The number of halogens is 4. The topological polar surface area (TPSA) is 9.23 Å². The van der Waals surface area contributed by atoms with Crippen LogP contribution in [0.5, 0.6) is 5.75 Å². The van der Waals surface area contributed by atoms with Crippen LogP contribution in [-0.2, 0) is 0 Å². The highest BCUT2D eigenvalue weighted by molar-refractivity contribution is 5.33. The van der Waals surface area contributed by atoms with Crippen LogP contribution in [0.1, 0.15) is 12.5 Å². The quantitative estimate of drug-likeness (QED) is 0.536. The second kappa shape index (κ2) is 3.86. The second-order valence-corrected chi connectivity index (χ2v) is 2.64. The standard InChI is InChI=1S/C9H8F4O/c1-3-14-9-7(12)5(10)4(2)6(11)8(9)13/h3H2,1-2H3. The summed E-state index contributed by atoms with van der Waals surface area (Å²) in [6.07, 6.45) is 0. The summed E-state index contributed by atoms with van der Waals surface area (Å²) in [6.45, 7) is 2.33. The average molecular weight is 208 g/mol. The van der Waals surface area contributed by atoms with E-state index in [0.717, 1.165) is 6.92 Å². The molecule has 1 nitrogen and oxygen atoms in total. The monoisotopic (exact) mass is 208 g/mol. The maximum atomic E-state index is 13.0. The molecule has 0 N–H and O–H groups in total. The molecule has 0 amide bonds. The molecule has 0 fully saturated rings. The van der Waals surface area contributed by atoms with Crippen LogP contribution in [0, 0.1) is 30.2 Å². The van der Waals surface area contributed by atoms with Crippen molar-refractivity contribution in [1.29, 1.82) is 0 Å². The first-order valence-corrected chi connectivity index (χ1v) is 3.96. The minimum Gasteiger partial charge on any atom is -0.488 e. The number of hydrogen-bond acceptors (Lipinski definition) is 1. The molecule has 0 saturated carbocycles. The molecule has 0 radical (unpaired) electrons. The molecule has 0 aliphatic rings. The Bertz CT molecular complexity index is 333. The molecule has 0 unspecified atom stereocenters. The van der Waals surface area contributed by atoms with E-state index < -0.39 is 34.6 Å². The first-order chi connectivity index (χ1) is 6.50. The third-order valence-electron chi connectivity index (χ3n) is 1.73. The Kier molecular flexibility index (Phi) is 2.98. The molecule has 0 aliphatic carbocycles. The van der Waals surface area contributed by atoms with Gasteiger partial charge in [-0.25, -0.2) is 8.78 Å². The predicted molar refractivity (Wildman–Crippen MR) is 42.2 cm³/mol. The Hall–Kier alpha value is -1.26. The Labute approximate surface area is 78.3 Å². The molecule has 5 heteroatoms. The second-order valence-electron chi connectivity index (χ2n) is 2.64. The molecule has 78 valence electrons. The fourth-order valence-corrected chi connectivity index (χ4v) is 0.992. The summed E-state index contributed by atoms with van der Waals surface area (Å²) in [7, 11) is 0. The lowest BCUT2D eigenvalue weighted by Crippen LogP contribution is -2.05. The molecule has 1 aromatic rings. The maximum Gasteiger partial charge on any atom is 0.204 e. The van der Waals surface area contributed by atoms with Crippen LogP contribution < -0.4 is 4.74 Å². The van der Waals surface area contributed by atoms with E-state index in [-0.39, 0.29) is 6.61 Å². The predicted octanol–water partition coefficient (Wildman–Crippen LogP) is 2.95. The average Bonchev–Trinajstić information content (AvgIpc) is 2.19. The van der Waals surface area contributed by atoms with Gasteiger partial charge in [0.15, 0.2) is 17.4 Å². The minimum atomic E-state index is -1.50. The van der Waals surface area contributed by atoms with Gasteiger partial charge in [0.1, 0.15) is 0 Å². The number of benzene rings is 1. The molecule has 0 spiro atoms. The zero-order chi connectivity index (χ0) is 10.9. The van der Waals surface area contributed by atoms with Gasteiger partial charge in [-0.3, -0.25) is 0 Å². The fraction of sp³-hybridized carbons (Fsp3) is 0.333. The summed E-state index contributed by atoms with van der Waals surface area (Å²) in [5.74, 6) is -6.85. The van der Waals surface area contributed by atoms with E-state index in [1.165, 1.54) is 6.92 Å². The maximum absolute atomic E-state index is 13.0. The van der Waals surface area contributed by atoms with Gasteiger partial charge in [-0.05, 0) is 13.8 Å². The van der Waals surface area contributed by atoms with Gasteiger partial charge in [0, 0.05) is 5.56 Å². The van der Waals surface area contributed by atoms with Gasteiger partial charge >= 0.3 is 0 Å². The summed E-state index contributed by atoms with van der Waals surface area (Å²) in [5.41, 5.74) is -0.691. The van der Waals surface area contributed by atoms with E-state index in [4.69, 9.17) is 0 Å². The van der Waals surface area contributed by atoms with Crippen LogP contribution in [0.2, 0.25) is 0 Å². The summed E-state index contributed by atoms with van der Waals surface area (Å²) >= 11 is 0. The van der Waals surface area contributed by atoms with Crippen LogP contribution in [0.25, 0.3) is 0 Å². The number of ether oxygens (including phenoxy) is 1. The first-order valence-electron chi connectivity index (χ1n) is 3.96. The largest absolute Gasteiger partial charge is 0.488 e. The van der Waals surface area contributed by atoms with Crippen molar-refractivity contribution in [3.05, 3.63) is 28.8 Å². The highest BCUT2D eigenvalue weighted by atomic mass is 19.2. The first kappa shape index (κ1) is 10.8. The Morgan fingerprint density at radius 3 is 1.71 bits per heavy atom. The van der Waals surface area contributed by atoms with Crippen molar-refractivity contribution in [3.63, 3.8) is 0 Å². The van der Waals surface area contributed by atoms with E-state index in [2.05, 4.69) is 4.74 Å². The van der Waals surface area contributed by atoms with E-state index in [0.29, 0.717) is 0 Å². The Morgan fingerprint density at radius 2 is 1.36 bits per heavy atom. The molecule has 0 aromatic heterocycles. The van der Waals surface area contributed by atoms with Crippen molar-refractivity contribution in [2.24, 2.45) is 0 Å². The van der Waals surface area contributed by atoms with Crippen molar-refractivity contribution in [2.45, 2.75) is 13.8 Å². The van der Waals surface area contributed by atoms with E-state index >= 15 is 0 Å². The van der Waals surface area contributed by atoms with Crippen LogP contribution >= 0.6 is 0 Å². The van der Waals surface area contributed by atoms with Crippen molar-refractivity contribution < 1.29 is 22.3 Å². The molecule has 1 rings (SSSR count). The highest BCUT2D eigenvalue weighted by Crippen LogP contribution is 2.29. The normalized spacial score (nSPS) is 10.4. The third kappa shape index (κ3) is 1.54. The van der Waals surface area contributed by atoms with Crippen LogP contribution in [0.4, 0.5) is 17.6 Å². The SMILES string of the molecule is CCOc1c(F)c(F)c(C)c(F)c1F. The van der Waals surface area contributed by atoms with Crippen LogP contribution in [0.3, 0.4) is 0 Å². The fourth-order valence-electron chi connectivity index (χ4n) is 0.992. The van der Waals surface area contributed by atoms with Gasteiger partial charge < -0.3 is 4.74 Å². The van der Waals surface area contributed by atoms with Crippen molar-refractivity contribution in [2.75, 3.05) is 6.61 Å². The van der Waals surface area contributed by atoms with E-state index in [1.54, 1.807) is 0 Å². The van der Waals surface area contributed by atoms with Gasteiger partial charge in [-0.1, -0.05) is 0 Å². The number of rotatable bonds is 2. The van der Waals surface area contributed by atoms with Gasteiger partial charge in [0.05, 0.1) is 6.61 Å². The lowest BCUT2D eigenvalue weighted by Gasteiger charge is -2.09. The summed E-state index contributed by atoms with van der Waals surface area (Å²) in [4.78, 5) is 0. The van der Waals surface area contributed by atoms with Crippen LogP contribution in [-0.4, -0.2) is 6.61 Å². The molecule has 0 aliphatic heterocycles. The van der Waals surface area contributed by atoms with Crippen molar-refractivity contribution in [1.82, 2.24) is 0 Å². The summed E-state index contributed by atoms with van der Waals surface area (Å²) in [6, 6.07) is 0. The van der Waals surface area contributed by atoms with Crippen LogP contribution in [0.15, 0.2) is 0 Å². The lowest BCUT2D eigenvalue weighted by atomic mass is 10.2. The number of hydrogen-bond donors (Lipinski definition) is 0. The van der Waals surface area contributed by atoms with Gasteiger partial charge in [-0.2, -0.15) is 8.78 Å². The summed E-state index contributed by atoms with van der Waals surface area (Å²) in [5, 5.41) is 0. The Balaban J connectivity index is 3.43. The molecular formula is C9H8F4O. The van der Waals surface area contributed by atoms with E-state index in [9.17, 15) is 17.6 Å².